The largest absolute Gasteiger partial charge is 0.295 e. The molecule has 15 heavy (non-hydrogen) atoms. The van der Waals surface area contributed by atoms with Gasteiger partial charge in [-0.25, -0.2) is 8.42 Å². The van der Waals surface area contributed by atoms with Gasteiger partial charge in [0.2, 0.25) is 10.0 Å². The van der Waals surface area contributed by atoms with E-state index in [2.05, 4.69) is 11.8 Å². The van der Waals surface area contributed by atoms with Gasteiger partial charge in [-0.2, -0.15) is 4.31 Å². The summed E-state index contributed by atoms with van der Waals surface area (Å²) in [7, 11) is -2.97. The van der Waals surface area contributed by atoms with Crippen molar-refractivity contribution in [2.75, 3.05) is 32.4 Å². The summed E-state index contributed by atoms with van der Waals surface area (Å²) in [4.78, 5) is 2.48. The Balaban J connectivity index is 1.93. The lowest BCUT2D eigenvalue weighted by atomic mass is 10.1. The van der Waals surface area contributed by atoms with Crippen molar-refractivity contribution < 1.29 is 8.42 Å². The molecule has 1 saturated carbocycles. The van der Waals surface area contributed by atoms with E-state index in [0.717, 1.165) is 13.1 Å². The summed E-state index contributed by atoms with van der Waals surface area (Å²) in [5.41, 5.74) is 0.434. The van der Waals surface area contributed by atoms with Crippen LogP contribution in [0.25, 0.3) is 0 Å². The lowest BCUT2D eigenvalue weighted by molar-refractivity contribution is 0.119. The fourth-order valence-corrected chi connectivity index (χ4v) is 3.36. The maximum Gasteiger partial charge on any atom is 0.211 e. The van der Waals surface area contributed by atoms with E-state index in [4.69, 9.17) is 0 Å². The van der Waals surface area contributed by atoms with Gasteiger partial charge in [-0.1, -0.05) is 6.92 Å². The van der Waals surface area contributed by atoms with Crippen LogP contribution >= 0.6 is 0 Å². The molecule has 2 aliphatic rings. The van der Waals surface area contributed by atoms with E-state index in [-0.39, 0.29) is 0 Å². The quantitative estimate of drug-likeness (QED) is 0.712. The van der Waals surface area contributed by atoms with Crippen LogP contribution in [0.15, 0.2) is 0 Å². The fraction of sp³-hybridized carbons (Fsp3) is 1.00. The van der Waals surface area contributed by atoms with E-state index < -0.39 is 10.0 Å². The molecule has 2 rings (SSSR count). The molecule has 0 N–H and O–H groups in total. The smallest absolute Gasteiger partial charge is 0.211 e. The van der Waals surface area contributed by atoms with Crippen LogP contribution in [0, 0.1) is 0 Å². The van der Waals surface area contributed by atoms with Crippen LogP contribution in [-0.2, 0) is 10.0 Å². The Labute approximate surface area is 92.3 Å². The van der Waals surface area contributed by atoms with Crippen LogP contribution in [0.5, 0.6) is 0 Å². The Bertz CT molecular complexity index is 327. The summed E-state index contributed by atoms with van der Waals surface area (Å²) in [6.07, 6.45) is 5.09. The molecule has 1 aliphatic carbocycles. The molecule has 0 bridgehead atoms. The number of hydrogen-bond acceptors (Lipinski definition) is 3. The van der Waals surface area contributed by atoms with Crippen molar-refractivity contribution in [2.45, 2.75) is 31.7 Å². The van der Waals surface area contributed by atoms with Crippen molar-refractivity contribution in [1.82, 2.24) is 9.21 Å². The Morgan fingerprint density at radius 3 is 2.00 bits per heavy atom. The van der Waals surface area contributed by atoms with Crippen LogP contribution < -0.4 is 0 Å². The number of sulfonamides is 1. The third kappa shape index (κ3) is 2.19. The first-order valence-corrected chi connectivity index (χ1v) is 7.53. The highest BCUT2D eigenvalue weighted by Crippen LogP contribution is 2.44. The van der Waals surface area contributed by atoms with Crippen molar-refractivity contribution in [3.05, 3.63) is 0 Å². The van der Waals surface area contributed by atoms with Gasteiger partial charge in [-0.15, -0.1) is 0 Å². The average Bonchev–Trinajstić information content (AvgIpc) is 2.97. The minimum atomic E-state index is -2.97. The van der Waals surface area contributed by atoms with Crippen molar-refractivity contribution >= 4 is 10.0 Å². The zero-order valence-electron chi connectivity index (χ0n) is 9.57. The second-order valence-electron chi connectivity index (χ2n) is 4.73. The highest BCUT2D eigenvalue weighted by Gasteiger charge is 2.47. The van der Waals surface area contributed by atoms with Gasteiger partial charge < -0.3 is 0 Å². The molecule has 0 aromatic carbocycles. The molecule has 5 heteroatoms. The molecule has 0 atom stereocenters. The maximum absolute atomic E-state index is 11.3. The second-order valence-corrected chi connectivity index (χ2v) is 6.71. The first kappa shape index (κ1) is 11.4. The minimum absolute atomic E-state index is 0.434. The van der Waals surface area contributed by atoms with E-state index in [1.165, 1.54) is 25.5 Å². The highest BCUT2D eigenvalue weighted by molar-refractivity contribution is 7.88. The monoisotopic (exact) mass is 232 g/mol. The molecule has 1 aliphatic heterocycles. The average molecular weight is 232 g/mol. The molecule has 1 heterocycles. The number of nitrogens with zero attached hydrogens (tertiary/aromatic N) is 2. The molecule has 0 aromatic heterocycles. The van der Waals surface area contributed by atoms with Gasteiger partial charge in [-0.3, -0.25) is 4.90 Å². The van der Waals surface area contributed by atoms with Crippen LogP contribution in [0.3, 0.4) is 0 Å². The van der Waals surface area contributed by atoms with Gasteiger partial charge in [-0.05, 0) is 19.3 Å². The Kier molecular flexibility index (Phi) is 2.81. The molecule has 0 aromatic rings. The summed E-state index contributed by atoms with van der Waals surface area (Å²) in [5.74, 6) is 0. The molecule has 0 spiro atoms. The topological polar surface area (TPSA) is 40.6 Å². The molecular formula is C10H20N2O2S. The highest BCUT2D eigenvalue weighted by atomic mass is 32.2. The molecule has 0 unspecified atom stereocenters. The van der Waals surface area contributed by atoms with Gasteiger partial charge in [0.25, 0.3) is 0 Å². The standard InChI is InChI=1S/C10H20N2O2S/c1-3-10(4-5-10)11-6-8-12(9-7-11)15(2,13)14/h3-9H2,1-2H3. The Hall–Kier alpha value is -0.130. The number of rotatable bonds is 3. The van der Waals surface area contributed by atoms with Gasteiger partial charge >= 0.3 is 0 Å². The summed E-state index contributed by atoms with van der Waals surface area (Å²) in [6.45, 7) is 5.37. The first-order valence-electron chi connectivity index (χ1n) is 5.68. The number of hydrogen-bond donors (Lipinski definition) is 0. The molecule has 4 nitrogen and oxygen atoms in total. The molecule has 0 radical (unpaired) electrons. The van der Waals surface area contributed by atoms with E-state index in [9.17, 15) is 8.42 Å². The van der Waals surface area contributed by atoms with Gasteiger partial charge in [0, 0.05) is 31.7 Å². The van der Waals surface area contributed by atoms with Gasteiger partial charge in [0.05, 0.1) is 6.26 Å². The van der Waals surface area contributed by atoms with Gasteiger partial charge in [0.15, 0.2) is 0 Å². The maximum atomic E-state index is 11.3. The SMILES string of the molecule is CCC1(N2CCN(S(C)(=O)=O)CC2)CC1. The van der Waals surface area contributed by atoms with Crippen molar-refractivity contribution in [3.8, 4) is 0 Å². The predicted molar refractivity (Wildman–Crippen MR) is 60.2 cm³/mol. The molecule has 0 amide bonds. The van der Waals surface area contributed by atoms with Gasteiger partial charge in [0.1, 0.15) is 0 Å². The van der Waals surface area contributed by atoms with Crippen LogP contribution in [0.2, 0.25) is 0 Å². The zero-order valence-corrected chi connectivity index (χ0v) is 10.4. The predicted octanol–water partition coefficient (Wildman–Crippen LogP) is 0.506. The van der Waals surface area contributed by atoms with Crippen LogP contribution in [0.4, 0.5) is 0 Å². The molecular weight excluding hydrogens is 212 g/mol. The third-order valence-electron chi connectivity index (χ3n) is 3.86. The fourth-order valence-electron chi connectivity index (χ4n) is 2.53. The third-order valence-corrected chi connectivity index (χ3v) is 5.17. The second kappa shape index (κ2) is 3.71. The molecule has 2 fully saturated rings. The van der Waals surface area contributed by atoms with E-state index in [0.29, 0.717) is 18.6 Å². The normalized spacial score (nSPS) is 27.9. The van der Waals surface area contributed by atoms with Crippen molar-refractivity contribution in [1.29, 1.82) is 0 Å². The summed E-state index contributed by atoms with van der Waals surface area (Å²) in [6, 6.07) is 0. The summed E-state index contributed by atoms with van der Waals surface area (Å²) < 4.78 is 24.3. The van der Waals surface area contributed by atoms with Crippen molar-refractivity contribution in [2.24, 2.45) is 0 Å². The summed E-state index contributed by atoms with van der Waals surface area (Å²) >= 11 is 0. The zero-order chi connectivity index (χ0) is 11.1. The molecule has 88 valence electrons. The lowest BCUT2D eigenvalue weighted by Crippen LogP contribution is -2.52. The molecule has 1 saturated heterocycles. The Morgan fingerprint density at radius 2 is 1.67 bits per heavy atom. The van der Waals surface area contributed by atoms with E-state index >= 15 is 0 Å². The first-order chi connectivity index (χ1) is 6.98. The van der Waals surface area contributed by atoms with Crippen molar-refractivity contribution in [3.63, 3.8) is 0 Å². The van der Waals surface area contributed by atoms with E-state index in [1.54, 1.807) is 4.31 Å². The Morgan fingerprint density at radius 1 is 1.13 bits per heavy atom. The van der Waals surface area contributed by atoms with Crippen LogP contribution in [0.1, 0.15) is 26.2 Å². The lowest BCUT2D eigenvalue weighted by Gasteiger charge is -2.38. The van der Waals surface area contributed by atoms with E-state index in [1.807, 2.05) is 0 Å². The van der Waals surface area contributed by atoms with Crippen LogP contribution in [-0.4, -0.2) is 55.6 Å². The number of piperazine rings is 1. The minimum Gasteiger partial charge on any atom is -0.295 e. The summed E-state index contributed by atoms with van der Waals surface area (Å²) in [5, 5.41) is 0.